The summed E-state index contributed by atoms with van der Waals surface area (Å²) in [6.45, 7) is 1.75. The molecule has 1 atom stereocenters. The molecule has 4 nitrogen and oxygen atoms in total. The minimum Gasteiger partial charge on any atom is -0.466 e. The highest BCUT2D eigenvalue weighted by molar-refractivity contribution is 7.99. The van der Waals surface area contributed by atoms with Gasteiger partial charge in [0.2, 0.25) is 5.91 Å². The summed E-state index contributed by atoms with van der Waals surface area (Å²) in [6.07, 6.45) is 1.91. The lowest BCUT2D eigenvalue weighted by molar-refractivity contribution is -0.122. The second-order valence-corrected chi connectivity index (χ2v) is 6.11. The van der Waals surface area contributed by atoms with Crippen LogP contribution in [-0.2, 0) is 10.4 Å². The number of thioether (sulfide) groups is 1. The molecule has 0 saturated carbocycles. The van der Waals surface area contributed by atoms with Crippen molar-refractivity contribution in [2.75, 3.05) is 12.3 Å². The Hall–Kier alpha value is -1.72. The van der Waals surface area contributed by atoms with E-state index in [1.165, 1.54) is 6.26 Å². The van der Waals surface area contributed by atoms with Crippen molar-refractivity contribution < 1.29 is 14.3 Å². The van der Waals surface area contributed by atoms with Gasteiger partial charge in [0.05, 0.1) is 12.8 Å². The molecule has 2 rings (SSSR count). The number of rotatable bonds is 7. The smallest absolute Gasteiger partial charge is 0.220 e. The van der Waals surface area contributed by atoms with E-state index in [4.69, 9.17) is 4.42 Å². The third-order valence-corrected chi connectivity index (χ3v) is 4.04. The van der Waals surface area contributed by atoms with Crippen molar-refractivity contribution in [3.05, 3.63) is 54.5 Å². The van der Waals surface area contributed by atoms with Crippen LogP contribution in [0.1, 0.15) is 19.1 Å². The molecule has 0 saturated heterocycles. The second-order valence-electron chi connectivity index (χ2n) is 4.94. The highest BCUT2D eigenvalue weighted by Crippen LogP contribution is 2.20. The monoisotopic (exact) mass is 305 g/mol. The summed E-state index contributed by atoms with van der Waals surface area (Å²) < 4.78 is 5.16. The Labute approximate surface area is 128 Å². The van der Waals surface area contributed by atoms with E-state index in [0.29, 0.717) is 17.9 Å². The van der Waals surface area contributed by atoms with Gasteiger partial charge in [0.1, 0.15) is 11.4 Å². The van der Waals surface area contributed by atoms with Gasteiger partial charge < -0.3 is 14.8 Å². The van der Waals surface area contributed by atoms with Crippen LogP contribution in [0.4, 0.5) is 0 Å². The molecular formula is C16H19NO3S. The molecule has 21 heavy (non-hydrogen) atoms. The number of benzene rings is 1. The second kappa shape index (κ2) is 7.33. The summed E-state index contributed by atoms with van der Waals surface area (Å²) in [5.74, 6) is 1.07. The van der Waals surface area contributed by atoms with Crippen LogP contribution >= 0.6 is 11.8 Å². The molecule has 1 amide bonds. The molecule has 1 aromatic heterocycles. The summed E-state index contributed by atoms with van der Waals surface area (Å²) >= 11 is 1.64. The molecule has 0 aliphatic heterocycles. The topological polar surface area (TPSA) is 62.5 Å². The first-order valence-corrected chi connectivity index (χ1v) is 7.77. The maximum Gasteiger partial charge on any atom is 0.220 e. The summed E-state index contributed by atoms with van der Waals surface area (Å²) in [6, 6.07) is 13.4. The summed E-state index contributed by atoms with van der Waals surface area (Å²) in [5.41, 5.74) is -1.19. The van der Waals surface area contributed by atoms with Gasteiger partial charge in [-0.15, -0.1) is 11.8 Å². The highest BCUT2D eigenvalue weighted by atomic mass is 32.2. The number of hydrogen-bond acceptors (Lipinski definition) is 4. The first kappa shape index (κ1) is 15.7. The van der Waals surface area contributed by atoms with E-state index in [0.717, 1.165) is 4.90 Å². The Balaban J connectivity index is 1.70. The Morgan fingerprint density at radius 1 is 1.29 bits per heavy atom. The molecule has 0 fully saturated rings. The summed E-state index contributed by atoms with van der Waals surface area (Å²) in [4.78, 5) is 12.9. The molecule has 0 aliphatic carbocycles. The largest absolute Gasteiger partial charge is 0.466 e. The van der Waals surface area contributed by atoms with Crippen molar-refractivity contribution in [3.8, 4) is 0 Å². The van der Waals surface area contributed by atoms with Gasteiger partial charge in [0, 0.05) is 17.1 Å². The standard InChI is InChI=1S/C16H19NO3S/c1-16(19,14-8-5-10-20-14)12-17-15(18)9-11-21-13-6-3-2-4-7-13/h2-8,10,19H,9,11-12H2,1H3,(H,17,18)/t16-/m0/s1. The molecule has 1 aromatic carbocycles. The molecule has 2 N–H and O–H groups in total. The third-order valence-electron chi connectivity index (χ3n) is 3.02. The average Bonchev–Trinajstić information content (AvgIpc) is 3.01. The minimum atomic E-state index is -1.19. The Morgan fingerprint density at radius 2 is 2.05 bits per heavy atom. The lowest BCUT2D eigenvalue weighted by Gasteiger charge is -2.21. The van der Waals surface area contributed by atoms with Crippen molar-refractivity contribution in [2.24, 2.45) is 0 Å². The van der Waals surface area contributed by atoms with Crippen LogP contribution in [0.25, 0.3) is 0 Å². The molecule has 0 bridgehead atoms. The van der Waals surface area contributed by atoms with Gasteiger partial charge in [-0.2, -0.15) is 0 Å². The zero-order valence-electron chi connectivity index (χ0n) is 11.9. The molecule has 5 heteroatoms. The summed E-state index contributed by atoms with van der Waals surface area (Å²) in [7, 11) is 0. The fourth-order valence-electron chi connectivity index (χ4n) is 1.81. The Morgan fingerprint density at radius 3 is 2.71 bits per heavy atom. The van der Waals surface area contributed by atoms with Crippen LogP contribution < -0.4 is 5.32 Å². The van der Waals surface area contributed by atoms with Gasteiger partial charge in [-0.3, -0.25) is 4.79 Å². The van der Waals surface area contributed by atoms with E-state index in [-0.39, 0.29) is 12.5 Å². The van der Waals surface area contributed by atoms with Crippen LogP contribution in [0.3, 0.4) is 0 Å². The highest BCUT2D eigenvalue weighted by Gasteiger charge is 2.26. The van der Waals surface area contributed by atoms with Gasteiger partial charge in [0.25, 0.3) is 0 Å². The molecule has 0 spiro atoms. The van der Waals surface area contributed by atoms with Crippen LogP contribution in [-0.4, -0.2) is 23.3 Å². The van der Waals surface area contributed by atoms with Crippen LogP contribution in [0.5, 0.6) is 0 Å². The van der Waals surface area contributed by atoms with Crippen molar-refractivity contribution in [3.63, 3.8) is 0 Å². The van der Waals surface area contributed by atoms with Gasteiger partial charge >= 0.3 is 0 Å². The number of carbonyl (C=O) groups is 1. The maximum absolute atomic E-state index is 11.8. The van der Waals surface area contributed by atoms with E-state index >= 15 is 0 Å². The predicted molar refractivity (Wildman–Crippen MR) is 83.1 cm³/mol. The Bertz CT molecular complexity index is 552. The first-order valence-electron chi connectivity index (χ1n) is 6.79. The Kier molecular flexibility index (Phi) is 5.47. The molecule has 0 aliphatic rings. The summed E-state index contributed by atoms with van der Waals surface area (Å²) in [5, 5.41) is 12.9. The van der Waals surface area contributed by atoms with Crippen molar-refractivity contribution in [1.82, 2.24) is 5.32 Å². The number of amides is 1. The van der Waals surface area contributed by atoms with E-state index in [2.05, 4.69) is 5.32 Å². The van der Waals surface area contributed by atoms with E-state index in [1.807, 2.05) is 30.3 Å². The van der Waals surface area contributed by atoms with Crippen molar-refractivity contribution >= 4 is 17.7 Å². The minimum absolute atomic E-state index is 0.0785. The predicted octanol–water partition coefficient (Wildman–Crippen LogP) is 2.79. The molecule has 2 aromatic rings. The van der Waals surface area contributed by atoms with Crippen LogP contribution in [0, 0.1) is 0 Å². The molecule has 112 valence electrons. The lowest BCUT2D eigenvalue weighted by atomic mass is 10.0. The van der Waals surface area contributed by atoms with Crippen molar-refractivity contribution in [2.45, 2.75) is 23.8 Å². The number of furan rings is 1. The normalized spacial score (nSPS) is 13.6. The van der Waals surface area contributed by atoms with Crippen LogP contribution in [0.2, 0.25) is 0 Å². The molecule has 0 radical (unpaired) electrons. The zero-order chi connectivity index (χ0) is 15.1. The SMILES string of the molecule is C[C@](O)(CNC(=O)CCSc1ccccc1)c1ccco1. The third kappa shape index (κ3) is 4.95. The number of nitrogens with one attached hydrogen (secondary N) is 1. The van der Waals surface area contributed by atoms with E-state index in [1.54, 1.807) is 30.8 Å². The van der Waals surface area contributed by atoms with E-state index < -0.39 is 5.60 Å². The molecule has 0 unspecified atom stereocenters. The van der Waals surface area contributed by atoms with Gasteiger partial charge in [-0.1, -0.05) is 18.2 Å². The zero-order valence-corrected chi connectivity index (χ0v) is 12.7. The number of aliphatic hydroxyl groups is 1. The number of carbonyl (C=O) groups excluding carboxylic acids is 1. The fraction of sp³-hybridized carbons (Fsp3) is 0.312. The van der Waals surface area contributed by atoms with E-state index in [9.17, 15) is 9.90 Å². The van der Waals surface area contributed by atoms with Crippen molar-refractivity contribution in [1.29, 1.82) is 0 Å². The van der Waals surface area contributed by atoms with Gasteiger partial charge in [-0.05, 0) is 31.2 Å². The van der Waals surface area contributed by atoms with Gasteiger partial charge in [0.15, 0.2) is 0 Å². The molecular weight excluding hydrogens is 286 g/mol. The van der Waals surface area contributed by atoms with Gasteiger partial charge in [-0.25, -0.2) is 0 Å². The lowest BCUT2D eigenvalue weighted by Crippen LogP contribution is -2.38. The average molecular weight is 305 g/mol. The van der Waals surface area contributed by atoms with Crippen LogP contribution in [0.15, 0.2) is 58.0 Å². The number of hydrogen-bond donors (Lipinski definition) is 2. The first-order chi connectivity index (χ1) is 10.1. The maximum atomic E-state index is 11.8. The quantitative estimate of drug-likeness (QED) is 0.772. The fourth-order valence-corrected chi connectivity index (χ4v) is 2.68. The molecule has 1 heterocycles.